The van der Waals surface area contributed by atoms with Gasteiger partial charge in [-0.05, 0) is 78.5 Å². The number of hydrogen-bond donors (Lipinski definition) is 0. The lowest BCUT2D eigenvalue weighted by Crippen LogP contribution is -2.39. The number of carbonyl (C=O) groups excluding carboxylic acids is 2. The van der Waals surface area contributed by atoms with Crippen molar-refractivity contribution >= 4 is 23.4 Å². The zero-order valence-electron chi connectivity index (χ0n) is 26.6. The Morgan fingerprint density at radius 2 is 1.82 bits per heavy atom. The quantitative estimate of drug-likeness (QED) is 0.213. The van der Waals surface area contributed by atoms with Gasteiger partial charge in [0.1, 0.15) is 17.3 Å². The third-order valence-electron chi connectivity index (χ3n) is 8.44. The minimum atomic E-state index is -0.170. The van der Waals surface area contributed by atoms with Gasteiger partial charge in [-0.25, -0.2) is 4.98 Å². The van der Waals surface area contributed by atoms with Crippen molar-refractivity contribution in [2.45, 2.75) is 52.4 Å². The Balaban J connectivity index is 1.30. The lowest BCUT2D eigenvalue weighted by Gasteiger charge is -2.31. The van der Waals surface area contributed by atoms with Gasteiger partial charge in [0.25, 0.3) is 5.91 Å². The number of ether oxygens (including phenoxy) is 3. The molecular weight excluding hydrogens is 554 g/mol. The fraction of sp³-hybridized carbons (Fsp3) is 0.472. The Morgan fingerprint density at radius 1 is 1.00 bits per heavy atom. The number of benzene rings is 2. The molecule has 2 fully saturated rings. The van der Waals surface area contributed by atoms with Crippen LogP contribution in [0.3, 0.4) is 0 Å². The summed E-state index contributed by atoms with van der Waals surface area (Å²) in [5, 5.41) is 0. The average molecular weight is 600 g/mol. The summed E-state index contributed by atoms with van der Waals surface area (Å²) >= 11 is 0. The molecule has 1 aliphatic carbocycles. The van der Waals surface area contributed by atoms with Crippen molar-refractivity contribution in [2.75, 3.05) is 50.3 Å². The van der Waals surface area contributed by atoms with Crippen LogP contribution in [0.2, 0.25) is 0 Å². The van der Waals surface area contributed by atoms with Crippen molar-refractivity contribution < 1.29 is 23.8 Å². The van der Waals surface area contributed by atoms with Gasteiger partial charge >= 0.3 is 5.97 Å². The van der Waals surface area contributed by atoms with E-state index in [-0.39, 0.29) is 23.2 Å². The van der Waals surface area contributed by atoms with Gasteiger partial charge in [-0.2, -0.15) is 0 Å². The third kappa shape index (κ3) is 7.90. The number of aromatic nitrogens is 1. The van der Waals surface area contributed by atoms with Crippen molar-refractivity contribution in [3.8, 4) is 11.5 Å². The molecule has 2 heterocycles. The molecule has 0 N–H and O–H groups in total. The van der Waals surface area contributed by atoms with Gasteiger partial charge in [0.2, 0.25) is 0 Å². The second-order valence-electron chi connectivity index (χ2n) is 13.2. The van der Waals surface area contributed by atoms with E-state index in [0.717, 1.165) is 49.4 Å². The van der Waals surface area contributed by atoms with Crippen LogP contribution in [-0.4, -0.2) is 57.3 Å². The molecule has 0 bridgehead atoms. The normalized spacial score (nSPS) is 17.2. The fourth-order valence-electron chi connectivity index (χ4n) is 6.03. The number of anilines is 2. The van der Waals surface area contributed by atoms with Gasteiger partial charge in [0.15, 0.2) is 0 Å². The van der Waals surface area contributed by atoms with Gasteiger partial charge in [0.05, 0.1) is 38.5 Å². The van der Waals surface area contributed by atoms with Crippen LogP contribution in [0.15, 0.2) is 66.9 Å². The summed E-state index contributed by atoms with van der Waals surface area (Å²) in [5.74, 6) is 2.92. The molecule has 5 rings (SSSR count). The monoisotopic (exact) mass is 599 g/mol. The zero-order valence-corrected chi connectivity index (χ0v) is 26.6. The minimum absolute atomic E-state index is 0.0787. The van der Waals surface area contributed by atoms with Gasteiger partial charge in [-0.15, -0.1) is 0 Å². The average Bonchev–Trinajstić information content (AvgIpc) is 3.77. The molecule has 2 aliphatic rings. The van der Waals surface area contributed by atoms with E-state index in [0.29, 0.717) is 48.5 Å². The largest absolute Gasteiger partial charge is 0.497 e. The predicted octanol–water partition coefficient (Wildman–Crippen LogP) is 6.75. The molecule has 44 heavy (non-hydrogen) atoms. The predicted molar refractivity (Wildman–Crippen MR) is 173 cm³/mol. The lowest BCUT2D eigenvalue weighted by molar-refractivity contribution is -0.141. The van der Waals surface area contributed by atoms with E-state index in [1.54, 1.807) is 18.2 Å². The summed E-state index contributed by atoms with van der Waals surface area (Å²) in [7, 11) is 3.09. The second kappa shape index (κ2) is 13.7. The summed E-state index contributed by atoms with van der Waals surface area (Å²) in [6, 6.07) is 19.5. The minimum Gasteiger partial charge on any atom is -0.497 e. The number of nitrogens with zero attached hydrogens (tertiary/aromatic N) is 3. The van der Waals surface area contributed by atoms with Crippen LogP contribution in [0.25, 0.3) is 0 Å². The van der Waals surface area contributed by atoms with Crippen molar-refractivity contribution in [1.82, 2.24) is 4.98 Å². The maximum absolute atomic E-state index is 14.2. The molecule has 1 saturated carbocycles. The molecule has 8 heteroatoms. The van der Waals surface area contributed by atoms with Crippen LogP contribution in [0.5, 0.6) is 11.5 Å². The van der Waals surface area contributed by atoms with E-state index in [9.17, 15) is 9.59 Å². The maximum Gasteiger partial charge on any atom is 0.306 e. The molecular formula is C36H45N3O5. The fourth-order valence-corrected chi connectivity index (χ4v) is 6.03. The second-order valence-corrected chi connectivity index (χ2v) is 13.2. The Kier molecular flexibility index (Phi) is 9.77. The van der Waals surface area contributed by atoms with Crippen molar-refractivity contribution in [1.29, 1.82) is 0 Å². The Morgan fingerprint density at radius 3 is 2.50 bits per heavy atom. The SMILES string of the molecule is COC(=O)CC(c1cccc(OCC2CCN(c3cc(OC)ccc3C(=O)N(CC(C)(C)C)c3ccccn3)C2)c1)C1CC1. The number of carbonyl (C=O) groups is 2. The van der Waals surface area contributed by atoms with Crippen LogP contribution in [0.4, 0.5) is 11.5 Å². The molecule has 1 aromatic heterocycles. The molecule has 234 valence electrons. The molecule has 0 spiro atoms. The first-order chi connectivity index (χ1) is 21.1. The maximum atomic E-state index is 14.2. The molecule has 2 atom stereocenters. The molecule has 2 unspecified atom stereocenters. The number of rotatable bonds is 12. The summed E-state index contributed by atoms with van der Waals surface area (Å²) in [6.45, 7) is 9.05. The number of esters is 1. The van der Waals surface area contributed by atoms with E-state index in [1.165, 1.54) is 7.11 Å². The molecule has 0 radical (unpaired) electrons. The topological polar surface area (TPSA) is 81.2 Å². The van der Waals surface area contributed by atoms with Crippen LogP contribution in [0.1, 0.15) is 68.3 Å². The Labute approximate surface area is 261 Å². The van der Waals surface area contributed by atoms with E-state index in [4.69, 9.17) is 14.2 Å². The highest BCUT2D eigenvalue weighted by Crippen LogP contribution is 2.45. The first-order valence-electron chi connectivity index (χ1n) is 15.6. The lowest BCUT2D eigenvalue weighted by atomic mass is 9.91. The third-order valence-corrected chi connectivity index (χ3v) is 8.44. The number of methoxy groups -OCH3 is 2. The molecule has 1 amide bonds. The smallest absolute Gasteiger partial charge is 0.306 e. The van der Waals surface area contributed by atoms with Gasteiger partial charge < -0.3 is 19.1 Å². The Bertz CT molecular complexity index is 1430. The van der Waals surface area contributed by atoms with E-state index in [2.05, 4.69) is 42.8 Å². The number of pyridine rings is 1. The Hall–Kier alpha value is -4.07. The van der Waals surface area contributed by atoms with Crippen LogP contribution in [0, 0.1) is 17.3 Å². The van der Waals surface area contributed by atoms with Crippen molar-refractivity contribution in [2.24, 2.45) is 17.3 Å². The molecule has 8 nitrogen and oxygen atoms in total. The van der Waals surface area contributed by atoms with E-state index in [1.807, 2.05) is 48.5 Å². The number of hydrogen-bond acceptors (Lipinski definition) is 7. The highest BCUT2D eigenvalue weighted by atomic mass is 16.5. The van der Waals surface area contributed by atoms with Crippen LogP contribution in [-0.2, 0) is 9.53 Å². The van der Waals surface area contributed by atoms with Gasteiger partial charge in [0, 0.05) is 37.8 Å². The highest BCUT2D eigenvalue weighted by molar-refractivity contribution is 6.09. The highest BCUT2D eigenvalue weighted by Gasteiger charge is 2.34. The van der Waals surface area contributed by atoms with Gasteiger partial charge in [-0.1, -0.05) is 39.0 Å². The number of amides is 1. The molecule has 1 aliphatic heterocycles. The van der Waals surface area contributed by atoms with Crippen molar-refractivity contribution in [3.63, 3.8) is 0 Å². The molecule has 1 saturated heterocycles. The van der Waals surface area contributed by atoms with Crippen molar-refractivity contribution in [3.05, 3.63) is 78.0 Å². The first kappa shape index (κ1) is 31.4. The van der Waals surface area contributed by atoms with Gasteiger partial charge in [-0.3, -0.25) is 14.5 Å². The summed E-state index contributed by atoms with van der Waals surface area (Å²) in [4.78, 5) is 34.8. The standard InChI is InChI=1S/C36H45N3O5/c1-36(2,3)24-39(33-11-6-7-17-37-33)35(41)30-15-14-28(42-4)20-32(30)38-18-16-25(22-38)23-44-29-10-8-9-27(19-29)31(26-12-13-26)21-34(40)43-5/h6-11,14-15,17,19-20,25-26,31H,12-13,16,18,21-24H2,1-5H3. The van der Waals surface area contributed by atoms with E-state index < -0.39 is 0 Å². The van der Waals surface area contributed by atoms with Crippen LogP contribution < -0.4 is 19.3 Å². The first-order valence-corrected chi connectivity index (χ1v) is 15.6. The molecule has 3 aromatic rings. The molecule has 2 aromatic carbocycles. The van der Waals surface area contributed by atoms with E-state index >= 15 is 0 Å². The summed E-state index contributed by atoms with van der Waals surface area (Å²) in [5.41, 5.74) is 2.51. The summed E-state index contributed by atoms with van der Waals surface area (Å²) < 4.78 is 16.8. The summed E-state index contributed by atoms with van der Waals surface area (Å²) in [6.07, 6.45) is 5.37. The van der Waals surface area contributed by atoms with Crippen LogP contribution >= 0.6 is 0 Å². The zero-order chi connectivity index (χ0) is 31.3.